The fourth-order valence-corrected chi connectivity index (χ4v) is 2.09. The van der Waals surface area contributed by atoms with Gasteiger partial charge in [0.1, 0.15) is 0 Å². The number of amides is 1. The van der Waals surface area contributed by atoms with Crippen LogP contribution in [0.15, 0.2) is 53.0 Å². The summed E-state index contributed by atoms with van der Waals surface area (Å²) in [5, 5.41) is 13.0. The van der Waals surface area contributed by atoms with Crippen molar-refractivity contribution in [2.75, 3.05) is 11.9 Å². The third-order valence-corrected chi connectivity index (χ3v) is 3.25. The summed E-state index contributed by atoms with van der Waals surface area (Å²) < 4.78 is 5.62. The maximum Gasteiger partial charge on any atom is 0.338 e. The van der Waals surface area contributed by atoms with Crippen molar-refractivity contribution < 1.29 is 19.2 Å². The Morgan fingerprint density at radius 3 is 2.48 bits per heavy atom. The van der Waals surface area contributed by atoms with E-state index in [2.05, 4.69) is 21.2 Å². The van der Waals surface area contributed by atoms with Gasteiger partial charge in [-0.15, -0.1) is 0 Å². The molecule has 0 aromatic heterocycles. The quantitative estimate of drug-likeness (QED) is 0.489. The molecule has 0 heterocycles. The van der Waals surface area contributed by atoms with Crippen LogP contribution in [0.25, 0.3) is 0 Å². The van der Waals surface area contributed by atoms with Crippen molar-refractivity contribution in [3.05, 3.63) is 68.7 Å². The Bertz CT molecular complexity index is 746. The molecule has 0 aliphatic rings. The molecule has 0 unspecified atom stereocenters. The molecule has 0 bridgehead atoms. The van der Waals surface area contributed by atoms with E-state index in [9.17, 15) is 19.7 Å². The average molecular weight is 379 g/mol. The molecule has 0 atom stereocenters. The molecule has 0 saturated heterocycles. The highest BCUT2D eigenvalue weighted by Gasteiger charge is 2.11. The molecule has 0 saturated carbocycles. The van der Waals surface area contributed by atoms with Crippen molar-refractivity contribution in [2.24, 2.45) is 0 Å². The van der Waals surface area contributed by atoms with Gasteiger partial charge in [0.15, 0.2) is 6.61 Å². The number of carbonyl (C=O) groups is 2. The Balaban J connectivity index is 1.87. The van der Waals surface area contributed by atoms with Gasteiger partial charge in [-0.25, -0.2) is 4.79 Å². The Morgan fingerprint density at radius 1 is 1.17 bits per heavy atom. The van der Waals surface area contributed by atoms with Crippen LogP contribution in [0.3, 0.4) is 0 Å². The van der Waals surface area contributed by atoms with E-state index < -0.39 is 23.4 Å². The monoisotopic (exact) mass is 378 g/mol. The van der Waals surface area contributed by atoms with Crippen molar-refractivity contribution >= 4 is 39.2 Å². The highest BCUT2D eigenvalue weighted by Crippen LogP contribution is 2.15. The number of non-ortho nitro benzene ring substituents is 1. The molecule has 118 valence electrons. The normalized spacial score (nSPS) is 9.96. The summed E-state index contributed by atoms with van der Waals surface area (Å²) in [6.07, 6.45) is 0. The molecule has 0 spiro atoms. The molecule has 1 amide bonds. The number of benzene rings is 2. The minimum absolute atomic E-state index is 0.0796. The van der Waals surface area contributed by atoms with Gasteiger partial charge in [-0.05, 0) is 30.3 Å². The van der Waals surface area contributed by atoms with Gasteiger partial charge in [0.05, 0.1) is 10.5 Å². The van der Waals surface area contributed by atoms with Crippen molar-refractivity contribution in [3.8, 4) is 0 Å². The maximum absolute atomic E-state index is 11.8. The smallest absolute Gasteiger partial charge is 0.338 e. The van der Waals surface area contributed by atoms with E-state index in [0.717, 1.165) is 4.47 Å². The zero-order valence-electron chi connectivity index (χ0n) is 11.7. The second-order valence-corrected chi connectivity index (χ2v) is 5.35. The van der Waals surface area contributed by atoms with Crippen LogP contribution in [0.4, 0.5) is 11.4 Å². The minimum atomic E-state index is -0.620. The number of rotatable bonds is 5. The molecule has 0 radical (unpaired) electrons. The average Bonchev–Trinajstić information content (AvgIpc) is 2.53. The van der Waals surface area contributed by atoms with Gasteiger partial charge in [-0.3, -0.25) is 14.9 Å². The van der Waals surface area contributed by atoms with E-state index in [4.69, 9.17) is 4.74 Å². The molecule has 2 rings (SSSR count). The van der Waals surface area contributed by atoms with Crippen LogP contribution in [0.5, 0.6) is 0 Å². The van der Waals surface area contributed by atoms with Crippen LogP contribution in [0.2, 0.25) is 0 Å². The number of nitrogens with zero attached hydrogens (tertiary/aromatic N) is 1. The molecule has 8 heteroatoms. The number of hydrogen-bond acceptors (Lipinski definition) is 5. The van der Waals surface area contributed by atoms with Gasteiger partial charge >= 0.3 is 5.97 Å². The minimum Gasteiger partial charge on any atom is -0.452 e. The Hall–Kier alpha value is -2.74. The van der Waals surface area contributed by atoms with Crippen LogP contribution in [0, 0.1) is 10.1 Å². The summed E-state index contributed by atoms with van der Waals surface area (Å²) in [6.45, 7) is -0.456. The molecule has 2 aromatic rings. The van der Waals surface area contributed by atoms with E-state index >= 15 is 0 Å². The molecule has 23 heavy (non-hydrogen) atoms. The zero-order chi connectivity index (χ0) is 16.8. The van der Waals surface area contributed by atoms with Crippen LogP contribution >= 0.6 is 15.9 Å². The van der Waals surface area contributed by atoms with Crippen LogP contribution in [-0.2, 0) is 9.53 Å². The van der Waals surface area contributed by atoms with E-state index in [1.165, 1.54) is 24.3 Å². The number of nitro groups is 1. The topological polar surface area (TPSA) is 98.5 Å². The third kappa shape index (κ3) is 4.89. The van der Waals surface area contributed by atoms with Crippen LogP contribution in [0.1, 0.15) is 10.4 Å². The Morgan fingerprint density at radius 2 is 1.87 bits per heavy atom. The Kier molecular flexibility index (Phi) is 5.42. The fraction of sp³-hybridized carbons (Fsp3) is 0.0667. The van der Waals surface area contributed by atoms with E-state index in [1.807, 2.05) is 0 Å². The van der Waals surface area contributed by atoms with Gasteiger partial charge in [-0.2, -0.15) is 0 Å². The lowest BCUT2D eigenvalue weighted by Gasteiger charge is -2.06. The van der Waals surface area contributed by atoms with Crippen molar-refractivity contribution in [1.29, 1.82) is 0 Å². The van der Waals surface area contributed by atoms with Gasteiger partial charge in [0.2, 0.25) is 0 Å². The Labute approximate surface area is 139 Å². The number of carbonyl (C=O) groups excluding carboxylic acids is 2. The summed E-state index contributed by atoms with van der Waals surface area (Å²) in [4.78, 5) is 33.5. The molecule has 1 N–H and O–H groups in total. The van der Waals surface area contributed by atoms with E-state index in [0.29, 0.717) is 11.3 Å². The lowest BCUT2D eigenvalue weighted by molar-refractivity contribution is -0.384. The first-order chi connectivity index (χ1) is 11.0. The molecule has 0 fully saturated rings. The van der Waals surface area contributed by atoms with Crippen molar-refractivity contribution in [2.45, 2.75) is 0 Å². The fourth-order valence-electron chi connectivity index (χ4n) is 1.69. The number of halogens is 1. The number of anilines is 1. The third-order valence-electron chi connectivity index (χ3n) is 2.76. The number of ether oxygens (including phenoxy) is 1. The van der Waals surface area contributed by atoms with Gasteiger partial charge in [0, 0.05) is 22.3 Å². The molecular weight excluding hydrogens is 368 g/mol. The predicted octanol–water partition coefficient (Wildman–Crippen LogP) is 3.15. The van der Waals surface area contributed by atoms with Gasteiger partial charge in [0.25, 0.3) is 11.6 Å². The van der Waals surface area contributed by atoms with Crippen molar-refractivity contribution in [1.82, 2.24) is 0 Å². The second kappa shape index (κ2) is 7.50. The summed E-state index contributed by atoms with van der Waals surface area (Å²) >= 11 is 3.24. The first kappa shape index (κ1) is 16.6. The number of nitro benzene ring substituents is 1. The summed E-state index contributed by atoms with van der Waals surface area (Å²) in [5.74, 6) is -1.16. The summed E-state index contributed by atoms with van der Waals surface area (Å²) in [5.41, 5.74) is 0.616. The predicted molar refractivity (Wildman–Crippen MR) is 86.2 cm³/mol. The maximum atomic E-state index is 11.8. The zero-order valence-corrected chi connectivity index (χ0v) is 13.3. The molecule has 0 aliphatic carbocycles. The van der Waals surface area contributed by atoms with Gasteiger partial charge in [-0.1, -0.05) is 22.0 Å². The lowest BCUT2D eigenvalue weighted by Crippen LogP contribution is -2.20. The summed E-state index contributed by atoms with van der Waals surface area (Å²) in [6, 6.07) is 11.9. The lowest BCUT2D eigenvalue weighted by atomic mass is 10.2. The molecule has 0 aliphatic heterocycles. The first-order valence-electron chi connectivity index (χ1n) is 6.43. The van der Waals surface area contributed by atoms with Gasteiger partial charge < -0.3 is 10.1 Å². The largest absolute Gasteiger partial charge is 0.452 e. The summed E-state index contributed by atoms with van der Waals surface area (Å²) in [7, 11) is 0. The number of hydrogen-bond donors (Lipinski definition) is 1. The first-order valence-corrected chi connectivity index (χ1v) is 7.22. The molecule has 7 nitrogen and oxygen atoms in total. The molecule has 2 aromatic carbocycles. The standard InChI is InChI=1S/C15H11BrN2O5/c16-11-3-1-2-10(8-11)15(20)23-9-14(19)17-12-4-6-13(7-5-12)18(21)22/h1-8H,9H2,(H,17,19). The SMILES string of the molecule is O=C(COC(=O)c1cccc(Br)c1)Nc1ccc([N+](=O)[O-])cc1. The van der Waals surface area contributed by atoms with Crippen LogP contribution < -0.4 is 5.32 Å². The van der Waals surface area contributed by atoms with Crippen molar-refractivity contribution in [3.63, 3.8) is 0 Å². The molecular formula is C15H11BrN2O5. The van der Waals surface area contributed by atoms with E-state index in [-0.39, 0.29) is 5.69 Å². The second-order valence-electron chi connectivity index (χ2n) is 4.44. The van der Waals surface area contributed by atoms with E-state index in [1.54, 1.807) is 24.3 Å². The van der Waals surface area contributed by atoms with Crippen LogP contribution in [-0.4, -0.2) is 23.4 Å². The number of esters is 1. The highest BCUT2D eigenvalue weighted by molar-refractivity contribution is 9.10. The highest BCUT2D eigenvalue weighted by atomic mass is 79.9. The number of nitrogens with one attached hydrogen (secondary N) is 1.